The zero-order valence-electron chi connectivity index (χ0n) is 12.2. The monoisotopic (exact) mass is 294 g/mol. The summed E-state index contributed by atoms with van der Waals surface area (Å²) in [6.07, 6.45) is -0.519. The second-order valence-corrected chi connectivity index (χ2v) is 6.64. The number of alkyl halides is 3. The minimum atomic E-state index is -4.18. The third kappa shape index (κ3) is 4.33. The van der Waals surface area contributed by atoms with E-state index in [1.165, 1.54) is 4.90 Å². The molecule has 0 heterocycles. The molecule has 6 heteroatoms. The molecule has 0 radical (unpaired) electrons. The SMILES string of the molecule is CC(C)NC(CO)(CN(CC(F)(F)F)C1CC1)C1CC1. The van der Waals surface area contributed by atoms with Crippen LogP contribution in [0.2, 0.25) is 0 Å². The largest absolute Gasteiger partial charge is 0.401 e. The fourth-order valence-corrected chi connectivity index (χ4v) is 3.07. The molecule has 2 fully saturated rings. The van der Waals surface area contributed by atoms with Gasteiger partial charge in [-0.3, -0.25) is 4.90 Å². The predicted molar refractivity (Wildman–Crippen MR) is 71.5 cm³/mol. The first-order valence-electron chi connectivity index (χ1n) is 7.45. The van der Waals surface area contributed by atoms with Crippen molar-refractivity contribution in [1.29, 1.82) is 0 Å². The van der Waals surface area contributed by atoms with E-state index < -0.39 is 18.3 Å². The van der Waals surface area contributed by atoms with Gasteiger partial charge in [-0.2, -0.15) is 13.2 Å². The number of halogens is 3. The summed E-state index contributed by atoms with van der Waals surface area (Å²) in [4.78, 5) is 1.52. The number of rotatable bonds is 8. The Morgan fingerprint density at radius 1 is 1.15 bits per heavy atom. The Morgan fingerprint density at radius 2 is 1.75 bits per heavy atom. The number of hydrogen-bond donors (Lipinski definition) is 2. The Kier molecular flexibility index (Phi) is 4.66. The van der Waals surface area contributed by atoms with Crippen molar-refractivity contribution in [3.05, 3.63) is 0 Å². The van der Waals surface area contributed by atoms with E-state index in [1.54, 1.807) is 0 Å². The number of aliphatic hydroxyl groups excluding tert-OH is 1. The normalized spacial score (nSPS) is 23.4. The first kappa shape index (κ1) is 16.0. The maximum Gasteiger partial charge on any atom is 0.401 e. The molecule has 0 aliphatic heterocycles. The molecular weight excluding hydrogens is 269 g/mol. The van der Waals surface area contributed by atoms with Crippen molar-refractivity contribution >= 4 is 0 Å². The number of nitrogens with zero attached hydrogens (tertiary/aromatic N) is 1. The van der Waals surface area contributed by atoms with Gasteiger partial charge in [-0.15, -0.1) is 0 Å². The van der Waals surface area contributed by atoms with Crippen molar-refractivity contribution in [2.24, 2.45) is 5.92 Å². The maximum atomic E-state index is 12.7. The molecule has 2 rings (SSSR count). The summed E-state index contributed by atoms with van der Waals surface area (Å²) >= 11 is 0. The molecular formula is C14H25F3N2O. The van der Waals surface area contributed by atoms with Crippen molar-refractivity contribution in [2.75, 3.05) is 19.7 Å². The standard InChI is InChI=1S/C14H25F3N2O/c1-10(2)18-13(9-20,11-3-4-11)7-19(12-5-6-12)8-14(15,16)17/h10-12,18,20H,3-9H2,1-2H3. The van der Waals surface area contributed by atoms with Crippen LogP contribution in [0.25, 0.3) is 0 Å². The summed E-state index contributed by atoms with van der Waals surface area (Å²) in [6, 6.07) is 0.185. The second-order valence-electron chi connectivity index (χ2n) is 6.64. The summed E-state index contributed by atoms with van der Waals surface area (Å²) in [5, 5.41) is 13.2. The highest BCUT2D eigenvalue weighted by atomic mass is 19.4. The average molecular weight is 294 g/mol. The van der Waals surface area contributed by atoms with Crippen LogP contribution in [0.1, 0.15) is 39.5 Å². The Hall–Kier alpha value is -0.330. The van der Waals surface area contributed by atoms with Gasteiger partial charge in [0.1, 0.15) is 0 Å². The molecule has 118 valence electrons. The summed E-state index contributed by atoms with van der Waals surface area (Å²) < 4.78 is 38.2. The lowest BCUT2D eigenvalue weighted by molar-refractivity contribution is -0.150. The smallest absolute Gasteiger partial charge is 0.394 e. The number of aliphatic hydroxyl groups is 1. The molecule has 0 spiro atoms. The number of hydrogen-bond acceptors (Lipinski definition) is 3. The fourth-order valence-electron chi connectivity index (χ4n) is 3.07. The van der Waals surface area contributed by atoms with Crippen molar-refractivity contribution in [3.8, 4) is 0 Å². The van der Waals surface area contributed by atoms with Gasteiger partial charge in [-0.1, -0.05) is 13.8 Å². The summed E-state index contributed by atoms with van der Waals surface area (Å²) in [6.45, 7) is 3.26. The minimum absolute atomic E-state index is 0.0373. The topological polar surface area (TPSA) is 35.5 Å². The lowest BCUT2D eigenvalue weighted by Gasteiger charge is -2.40. The van der Waals surface area contributed by atoms with Gasteiger partial charge in [-0.05, 0) is 31.6 Å². The highest BCUT2D eigenvalue weighted by Gasteiger charge is 2.49. The van der Waals surface area contributed by atoms with Crippen LogP contribution in [0.4, 0.5) is 13.2 Å². The fraction of sp³-hybridized carbons (Fsp3) is 1.00. The summed E-state index contributed by atoms with van der Waals surface area (Å²) in [7, 11) is 0. The third-order valence-corrected chi connectivity index (χ3v) is 4.15. The van der Waals surface area contributed by atoms with E-state index in [0.29, 0.717) is 5.92 Å². The molecule has 2 N–H and O–H groups in total. The Labute approximate surface area is 118 Å². The van der Waals surface area contributed by atoms with Gasteiger partial charge in [0, 0.05) is 18.6 Å². The molecule has 20 heavy (non-hydrogen) atoms. The molecule has 3 nitrogen and oxygen atoms in total. The maximum absolute atomic E-state index is 12.7. The van der Waals surface area contributed by atoms with E-state index in [2.05, 4.69) is 5.32 Å². The Balaban J connectivity index is 2.07. The summed E-state index contributed by atoms with van der Waals surface area (Å²) in [5.41, 5.74) is -0.581. The molecule has 1 unspecified atom stereocenters. The van der Waals surface area contributed by atoms with Crippen LogP contribution in [0.15, 0.2) is 0 Å². The van der Waals surface area contributed by atoms with Gasteiger partial charge in [-0.25, -0.2) is 0 Å². The lowest BCUT2D eigenvalue weighted by atomic mass is 9.92. The van der Waals surface area contributed by atoms with Crippen LogP contribution in [0.3, 0.4) is 0 Å². The van der Waals surface area contributed by atoms with Crippen molar-refractivity contribution in [3.63, 3.8) is 0 Å². The van der Waals surface area contributed by atoms with Crippen molar-refractivity contribution in [2.45, 2.75) is 63.3 Å². The van der Waals surface area contributed by atoms with E-state index in [-0.39, 0.29) is 25.2 Å². The first-order chi connectivity index (χ1) is 9.26. The molecule has 0 saturated heterocycles. The molecule has 2 aliphatic rings. The van der Waals surface area contributed by atoms with E-state index in [9.17, 15) is 18.3 Å². The molecule has 1 atom stereocenters. The van der Waals surface area contributed by atoms with Crippen LogP contribution in [0.5, 0.6) is 0 Å². The highest BCUT2D eigenvalue weighted by molar-refractivity contribution is 5.05. The van der Waals surface area contributed by atoms with Gasteiger partial charge in [0.2, 0.25) is 0 Å². The first-order valence-corrected chi connectivity index (χ1v) is 7.45. The Morgan fingerprint density at radius 3 is 2.10 bits per heavy atom. The molecule has 0 bridgehead atoms. The van der Waals surface area contributed by atoms with Gasteiger partial charge < -0.3 is 10.4 Å². The average Bonchev–Trinajstić information content (AvgIpc) is 3.15. The lowest BCUT2D eigenvalue weighted by Crippen LogP contribution is -2.61. The molecule has 0 amide bonds. The zero-order chi connectivity index (χ0) is 15.0. The third-order valence-electron chi connectivity index (χ3n) is 4.15. The van der Waals surface area contributed by atoms with E-state index in [4.69, 9.17) is 0 Å². The van der Waals surface area contributed by atoms with E-state index in [1.807, 2.05) is 13.8 Å². The molecule has 2 saturated carbocycles. The van der Waals surface area contributed by atoms with Gasteiger partial charge in [0.05, 0.1) is 18.7 Å². The van der Waals surface area contributed by atoms with Gasteiger partial charge in [0.25, 0.3) is 0 Å². The highest BCUT2D eigenvalue weighted by Crippen LogP contribution is 2.42. The molecule has 0 aromatic carbocycles. The molecule has 0 aromatic rings. The van der Waals surface area contributed by atoms with Gasteiger partial charge in [0.15, 0.2) is 0 Å². The molecule has 2 aliphatic carbocycles. The van der Waals surface area contributed by atoms with Crippen molar-refractivity contribution in [1.82, 2.24) is 10.2 Å². The van der Waals surface area contributed by atoms with Gasteiger partial charge >= 0.3 is 6.18 Å². The zero-order valence-corrected chi connectivity index (χ0v) is 12.2. The predicted octanol–water partition coefficient (Wildman–Crippen LogP) is 2.15. The van der Waals surface area contributed by atoms with Crippen LogP contribution in [-0.2, 0) is 0 Å². The molecule has 0 aromatic heterocycles. The number of nitrogens with one attached hydrogen (secondary N) is 1. The van der Waals surface area contributed by atoms with Crippen LogP contribution < -0.4 is 5.32 Å². The summed E-state index contributed by atoms with van der Waals surface area (Å²) in [5.74, 6) is 0.296. The second kappa shape index (κ2) is 5.81. The van der Waals surface area contributed by atoms with Crippen molar-refractivity contribution < 1.29 is 18.3 Å². The minimum Gasteiger partial charge on any atom is -0.394 e. The quantitative estimate of drug-likeness (QED) is 0.720. The van der Waals surface area contributed by atoms with E-state index in [0.717, 1.165) is 25.7 Å². The van der Waals surface area contributed by atoms with E-state index >= 15 is 0 Å². The van der Waals surface area contributed by atoms with Crippen LogP contribution in [-0.4, -0.2) is 53.5 Å². The van der Waals surface area contributed by atoms with Crippen LogP contribution in [0, 0.1) is 5.92 Å². The Bertz CT molecular complexity index is 327. The van der Waals surface area contributed by atoms with Crippen LogP contribution >= 0.6 is 0 Å².